The second-order valence-electron chi connectivity index (χ2n) is 7.02. The van der Waals surface area contributed by atoms with Crippen LogP contribution in [0.15, 0.2) is 30.3 Å². The minimum absolute atomic E-state index is 0.174. The third-order valence-electron chi connectivity index (χ3n) is 3.88. The van der Waals surface area contributed by atoms with Crippen LogP contribution in [0, 0.1) is 5.92 Å². The molecule has 0 bridgehead atoms. The van der Waals surface area contributed by atoms with Gasteiger partial charge in [0, 0.05) is 31.6 Å². The molecule has 1 aromatic rings. The Balaban J connectivity index is 2.82. The Morgan fingerprint density at radius 2 is 1.71 bits per heavy atom. The third kappa shape index (κ3) is 6.16. The van der Waals surface area contributed by atoms with Crippen molar-refractivity contribution in [2.45, 2.75) is 26.2 Å². The highest BCUT2D eigenvalue weighted by Crippen LogP contribution is 2.24. The Bertz CT molecular complexity index is 391. The summed E-state index contributed by atoms with van der Waals surface area (Å²) in [6, 6.07) is 10.4. The average Bonchev–Trinajstić information content (AvgIpc) is 2.45. The van der Waals surface area contributed by atoms with Crippen molar-refractivity contribution in [2.24, 2.45) is 5.92 Å². The van der Waals surface area contributed by atoms with E-state index in [0.717, 1.165) is 26.2 Å². The summed E-state index contributed by atoms with van der Waals surface area (Å²) in [6.07, 6.45) is 0. The first-order valence-electron chi connectivity index (χ1n) is 7.91. The smallest absolute Gasteiger partial charge is 0.0537 e. The Hall–Kier alpha value is -0.900. The molecular formula is C18H32N2O. The fraction of sp³-hybridized carbons (Fsp3) is 0.667. The number of likely N-dealkylation sites (N-methyl/N-ethyl adjacent to an activating group) is 1. The van der Waals surface area contributed by atoms with E-state index in [1.54, 1.807) is 0 Å². The summed E-state index contributed by atoms with van der Waals surface area (Å²) in [5, 5.41) is 9.96. The molecule has 0 spiro atoms. The molecular weight excluding hydrogens is 260 g/mol. The monoisotopic (exact) mass is 292 g/mol. The number of benzene rings is 1. The molecule has 1 aromatic carbocycles. The summed E-state index contributed by atoms with van der Waals surface area (Å²) in [5.41, 5.74) is 1.01. The molecule has 3 nitrogen and oxygen atoms in total. The van der Waals surface area contributed by atoms with Gasteiger partial charge in [-0.05, 0) is 25.6 Å². The highest BCUT2D eigenvalue weighted by molar-refractivity contribution is 5.25. The molecule has 120 valence electrons. The number of hydrogen-bond acceptors (Lipinski definition) is 3. The Kier molecular flexibility index (Phi) is 7.36. The summed E-state index contributed by atoms with van der Waals surface area (Å²) in [6.45, 7) is 10.9. The van der Waals surface area contributed by atoms with Gasteiger partial charge in [0.2, 0.25) is 0 Å². The fourth-order valence-electron chi connectivity index (χ4n) is 2.66. The van der Waals surface area contributed by atoms with Gasteiger partial charge < -0.3 is 14.9 Å². The largest absolute Gasteiger partial charge is 0.395 e. The van der Waals surface area contributed by atoms with E-state index >= 15 is 0 Å². The Morgan fingerprint density at radius 3 is 2.19 bits per heavy atom. The van der Waals surface area contributed by atoms with E-state index in [1.807, 2.05) is 6.07 Å². The fourth-order valence-corrected chi connectivity index (χ4v) is 2.66. The summed E-state index contributed by atoms with van der Waals surface area (Å²) < 4.78 is 0. The van der Waals surface area contributed by atoms with Crippen molar-refractivity contribution in [1.82, 2.24) is 9.80 Å². The second kappa shape index (κ2) is 8.52. The SMILES string of the molecule is CC(C)CN(CCN(C)C)CC(C)(CO)c1ccccc1. The van der Waals surface area contributed by atoms with E-state index in [2.05, 4.69) is 68.9 Å². The van der Waals surface area contributed by atoms with Gasteiger partial charge in [-0.1, -0.05) is 51.1 Å². The first-order chi connectivity index (χ1) is 9.87. The van der Waals surface area contributed by atoms with E-state index in [0.29, 0.717) is 5.92 Å². The lowest BCUT2D eigenvalue weighted by atomic mass is 9.82. The van der Waals surface area contributed by atoms with Crippen LogP contribution >= 0.6 is 0 Å². The van der Waals surface area contributed by atoms with Gasteiger partial charge in [-0.25, -0.2) is 0 Å². The topological polar surface area (TPSA) is 26.7 Å². The van der Waals surface area contributed by atoms with E-state index in [4.69, 9.17) is 0 Å². The maximum atomic E-state index is 9.96. The zero-order valence-corrected chi connectivity index (χ0v) is 14.3. The molecule has 1 unspecified atom stereocenters. The molecule has 0 aliphatic carbocycles. The van der Waals surface area contributed by atoms with E-state index in [1.165, 1.54) is 5.56 Å². The van der Waals surface area contributed by atoms with E-state index in [9.17, 15) is 5.11 Å². The highest BCUT2D eigenvalue weighted by Gasteiger charge is 2.28. The number of rotatable bonds is 9. The van der Waals surface area contributed by atoms with Crippen molar-refractivity contribution in [2.75, 3.05) is 46.9 Å². The highest BCUT2D eigenvalue weighted by atomic mass is 16.3. The lowest BCUT2D eigenvalue weighted by Gasteiger charge is -2.36. The summed E-state index contributed by atoms with van der Waals surface area (Å²) >= 11 is 0. The predicted octanol–water partition coefficient (Wildman–Crippen LogP) is 2.46. The van der Waals surface area contributed by atoms with Crippen LogP contribution in [0.25, 0.3) is 0 Å². The van der Waals surface area contributed by atoms with Crippen LogP contribution in [0.2, 0.25) is 0 Å². The van der Waals surface area contributed by atoms with Crippen molar-refractivity contribution in [3.8, 4) is 0 Å². The first kappa shape index (κ1) is 18.1. The Labute approximate surface area is 130 Å². The van der Waals surface area contributed by atoms with Gasteiger partial charge in [0.25, 0.3) is 0 Å². The number of aliphatic hydroxyl groups excluding tert-OH is 1. The molecule has 1 atom stereocenters. The molecule has 0 aliphatic rings. The molecule has 1 N–H and O–H groups in total. The van der Waals surface area contributed by atoms with E-state index < -0.39 is 0 Å². The predicted molar refractivity (Wildman–Crippen MR) is 90.7 cm³/mol. The lowest BCUT2D eigenvalue weighted by molar-refractivity contribution is 0.129. The molecule has 0 aliphatic heterocycles. The van der Waals surface area contributed by atoms with Gasteiger partial charge >= 0.3 is 0 Å². The van der Waals surface area contributed by atoms with Gasteiger partial charge in [-0.3, -0.25) is 0 Å². The molecule has 0 saturated carbocycles. The molecule has 0 amide bonds. The maximum Gasteiger partial charge on any atom is 0.0537 e. The average molecular weight is 292 g/mol. The molecule has 3 heteroatoms. The molecule has 1 rings (SSSR count). The lowest BCUT2D eigenvalue weighted by Crippen LogP contribution is -2.45. The molecule has 0 heterocycles. The van der Waals surface area contributed by atoms with Gasteiger partial charge in [0.15, 0.2) is 0 Å². The van der Waals surface area contributed by atoms with E-state index in [-0.39, 0.29) is 12.0 Å². The molecule has 0 fully saturated rings. The molecule has 21 heavy (non-hydrogen) atoms. The zero-order valence-electron chi connectivity index (χ0n) is 14.3. The standard InChI is InChI=1S/C18H32N2O/c1-16(2)13-20(12-11-19(4)5)14-18(3,15-21)17-9-7-6-8-10-17/h6-10,16,21H,11-15H2,1-5H3. The number of aliphatic hydroxyl groups is 1. The van der Waals surface area contributed by atoms with Crippen molar-refractivity contribution in [3.05, 3.63) is 35.9 Å². The summed E-state index contributed by atoms with van der Waals surface area (Å²) in [4.78, 5) is 4.69. The van der Waals surface area contributed by atoms with Crippen molar-refractivity contribution >= 4 is 0 Å². The first-order valence-corrected chi connectivity index (χ1v) is 7.91. The molecule has 0 aromatic heterocycles. The summed E-state index contributed by atoms with van der Waals surface area (Å²) in [5.74, 6) is 0.630. The van der Waals surface area contributed by atoms with Crippen LogP contribution in [0.4, 0.5) is 0 Å². The van der Waals surface area contributed by atoms with Crippen LogP contribution in [0.3, 0.4) is 0 Å². The maximum absolute atomic E-state index is 9.96. The third-order valence-corrected chi connectivity index (χ3v) is 3.88. The quantitative estimate of drug-likeness (QED) is 0.757. The van der Waals surface area contributed by atoms with Crippen molar-refractivity contribution < 1.29 is 5.11 Å². The summed E-state index contributed by atoms with van der Waals surface area (Å²) in [7, 11) is 4.21. The Morgan fingerprint density at radius 1 is 1.10 bits per heavy atom. The van der Waals surface area contributed by atoms with Gasteiger partial charge in [-0.15, -0.1) is 0 Å². The second-order valence-corrected chi connectivity index (χ2v) is 7.02. The van der Waals surface area contributed by atoms with Crippen LogP contribution in [-0.2, 0) is 5.41 Å². The van der Waals surface area contributed by atoms with Crippen molar-refractivity contribution in [3.63, 3.8) is 0 Å². The van der Waals surface area contributed by atoms with Crippen LogP contribution in [-0.4, -0.2) is 61.8 Å². The van der Waals surface area contributed by atoms with Crippen molar-refractivity contribution in [1.29, 1.82) is 0 Å². The minimum atomic E-state index is -0.206. The van der Waals surface area contributed by atoms with Gasteiger partial charge in [0.1, 0.15) is 0 Å². The molecule has 0 radical (unpaired) electrons. The molecule has 0 saturated heterocycles. The van der Waals surface area contributed by atoms with Gasteiger partial charge in [0.05, 0.1) is 6.61 Å². The van der Waals surface area contributed by atoms with Crippen LogP contribution in [0.1, 0.15) is 26.3 Å². The number of hydrogen-bond donors (Lipinski definition) is 1. The van der Waals surface area contributed by atoms with Crippen LogP contribution < -0.4 is 0 Å². The number of nitrogens with zero attached hydrogens (tertiary/aromatic N) is 2. The van der Waals surface area contributed by atoms with Gasteiger partial charge in [-0.2, -0.15) is 0 Å². The zero-order chi connectivity index (χ0) is 15.9. The minimum Gasteiger partial charge on any atom is -0.395 e. The normalized spacial score (nSPS) is 14.9. The van der Waals surface area contributed by atoms with Crippen LogP contribution in [0.5, 0.6) is 0 Å².